The molecule has 0 radical (unpaired) electrons. The highest BCUT2D eigenvalue weighted by Gasteiger charge is 2.17. The fourth-order valence-electron chi connectivity index (χ4n) is 2.75. The molecule has 2 N–H and O–H groups in total. The Kier molecular flexibility index (Phi) is 5.62. The molecule has 0 aliphatic heterocycles. The van der Waals surface area contributed by atoms with E-state index in [4.69, 9.17) is 4.74 Å². The quantitative estimate of drug-likeness (QED) is 0.847. The zero-order valence-electron chi connectivity index (χ0n) is 13.2. The largest absolute Gasteiger partial charge is 0.484 e. The molecule has 1 aromatic carbocycles. The number of amides is 1. The number of carbonyl (C=O) groups excluding carboxylic acids is 1. The molecule has 0 bridgehead atoms. The summed E-state index contributed by atoms with van der Waals surface area (Å²) in [6.07, 6.45) is 4.63. The minimum Gasteiger partial charge on any atom is -0.484 e. The lowest BCUT2D eigenvalue weighted by atomic mass is 10.1. The smallest absolute Gasteiger partial charge is 0.258 e. The van der Waals surface area contributed by atoms with Crippen LogP contribution in [-0.4, -0.2) is 25.6 Å². The monoisotopic (exact) mass is 290 g/mol. The molecule has 4 heteroatoms. The summed E-state index contributed by atoms with van der Waals surface area (Å²) in [6, 6.07) is 6.75. The lowest BCUT2D eigenvalue weighted by Gasteiger charge is -2.15. The van der Waals surface area contributed by atoms with Crippen molar-refractivity contribution in [1.29, 1.82) is 0 Å². The van der Waals surface area contributed by atoms with Crippen LogP contribution in [0.4, 0.5) is 0 Å². The Balaban J connectivity index is 1.86. The van der Waals surface area contributed by atoms with E-state index < -0.39 is 0 Å². The van der Waals surface area contributed by atoms with Gasteiger partial charge in [0.25, 0.3) is 5.91 Å². The van der Waals surface area contributed by atoms with Gasteiger partial charge in [-0.25, -0.2) is 0 Å². The summed E-state index contributed by atoms with van der Waals surface area (Å²) < 4.78 is 5.64. The molecule has 1 saturated carbocycles. The molecule has 1 fully saturated rings. The first-order valence-corrected chi connectivity index (χ1v) is 7.80. The standard InChI is InChI=1S/C17H26N2O2/c1-12-10-14(13(2)18-3)8-9-16(12)21-11-17(20)19-15-6-4-5-7-15/h8-10,13,15,18H,4-7,11H2,1-3H3,(H,19,20). The van der Waals surface area contributed by atoms with Crippen molar-refractivity contribution in [3.05, 3.63) is 29.3 Å². The number of benzene rings is 1. The Bertz CT molecular complexity index is 482. The summed E-state index contributed by atoms with van der Waals surface area (Å²) in [5.74, 6) is 0.762. The minimum absolute atomic E-state index is 0.0195. The molecule has 0 saturated heterocycles. The van der Waals surface area contributed by atoms with Crippen LogP contribution in [0.2, 0.25) is 0 Å². The maximum Gasteiger partial charge on any atom is 0.258 e. The minimum atomic E-state index is -0.0195. The SMILES string of the molecule is CNC(C)c1ccc(OCC(=O)NC2CCCC2)c(C)c1. The van der Waals surface area contributed by atoms with Gasteiger partial charge in [-0.1, -0.05) is 25.0 Å². The van der Waals surface area contributed by atoms with Gasteiger partial charge in [0.05, 0.1) is 0 Å². The molecular weight excluding hydrogens is 264 g/mol. The molecule has 0 spiro atoms. The summed E-state index contributed by atoms with van der Waals surface area (Å²) in [5.41, 5.74) is 2.28. The molecule has 1 aliphatic carbocycles. The number of carbonyl (C=O) groups is 1. The molecule has 4 nitrogen and oxygen atoms in total. The molecular formula is C17H26N2O2. The van der Waals surface area contributed by atoms with Crippen molar-refractivity contribution in [2.75, 3.05) is 13.7 Å². The number of aryl methyl sites for hydroxylation is 1. The Morgan fingerprint density at radius 2 is 2.10 bits per heavy atom. The van der Waals surface area contributed by atoms with Crippen LogP contribution in [0.3, 0.4) is 0 Å². The zero-order valence-corrected chi connectivity index (χ0v) is 13.2. The highest BCUT2D eigenvalue weighted by atomic mass is 16.5. The predicted octanol–water partition coefficient (Wildman–Crippen LogP) is 2.71. The number of nitrogens with one attached hydrogen (secondary N) is 2. The number of rotatable bonds is 6. The van der Waals surface area contributed by atoms with E-state index in [2.05, 4.69) is 23.6 Å². The summed E-state index contributed by atoms with van der Waals surface area (Å²) in [7, 11) is 1.94. The topological polar surface area (TPSA) is 50.4 Å². The van der Waals surface area contributed by atoms with E-state index in [9.17, 15) is 4.79 Å². The highest BCUT2D eigenvalue weighted by molar-refractivity contribution is 5.77. The van der Waals surface area contributed by atoms with Gasteiger partial charge < -0.3 is 15.4 Å². The lowest BCUT2D eigenvalue weighted by Crippen LogP contribution is -2.36. The first-order valence-electron chi connectivity index (χ1n) is 7.80. The van der Waals surface area contributed by atoms with Crippen LogP contribution in [0.25, 0.3) is 0 Å². The van der Waals surface area contributed by atoms with Crippen LogP contribution in [0, 0.1) is 6.92 Å². The van der Waals surface area contributed by atoms with E-state index in [1.165, 1.54) is 18.4 Å². The third-order valence-electron chi connectivity index (χ3n) is 4.21. The van der Waals surface area contributed by atoms with Gasteiger partial charge in [0.1, 0.15) is 5.75 Å². The van der Waals surface area contributed by atoms with Crippen molar-refractivity contribution in [3.8, 4) is 5.75 Å². The van der Waals surface area contributed by atoms with E-state index in [-0.39, 0.29) is 12.5 Å². The Labute approximate surface area is 127 Å². The third-order valence-corrected chi connectivity index (χ3v) is 4.21. The van der Waals surface area contributed by atoms with Crippen molar-refractivity contribution in [2.45, 2.75) is 51.6 Å². The van der Waals surface area contributed by atoms with Crippen molar-refractivity contribution in [3.63, 3.8) is 0 Å². The summed E-state index contributed by atoms with van der Waals surface area (Å²) in [6.45, 7) is 4.22. The van der Waals surface area contributed by atoms with Crippen LogP contribution in [0.5, 0.6) is 5.75 Å². The fourth-order valence-corrected chi connectivity index (χ4v) is 2.75. The molecule has 1 unspecified atom stereocenters. The second-order valence-electron chi connectivity index (χ2n) is 5.87. The van der Waals surface area contributed by atoms with Crippen molar-refractivity contribution in [2.24, 2.45) is 0 Å². The van der Waals surface area contributed by atoms with E-state index in [0.717, 1.165) is 24.2 Å². The summed E-state index contributed by atoms with van der Waals surface area (Å²) in [4.78, 5) is 11.9. The third kappa shape index (κ3) is 4.46. The van der Waals surface area contributed by atoms with E-state index in [0.29, 0.717) is 12.1 Å². The average Bonchev–Trinajstić information content (AvgIpc) is 2.98. The Morgan fingerprint density at radius 3 is 2.71 bits per heavy atom. The maximum absolute atomic E-state index is 11.9. The van der Waals surface area contributed by atoms with Gasteiger partial charge in [-0.2, -0.15) is 0 Å². The highest BCUT2D eigenvalue weighted by Crippen LogP contribution is 2.22. The molecule has 1 aliphatic rings. The van der Waals surface area contributed by atoms with Crippen LogP contribution in [0.1, 0.15) is 49.8 Å². The van der Waals surface area contributed by atoms with Crippen LogP contribution < -0.4 is 15.4 Å². The molecule has 1 atom stereocenters. The molecule has 0 heterocycles. The Hall–Kier alpha value is -1.55. The van der Waals surface area contributed by atoms with Gasteiger partial charge in [-0.3, -0.25) is 4.79 Å². The van der Waals surface area contributed by atoms with Crippen LogP contribution in [0.15, 0.2) is 18.2 Å². The molecule has 2 rings (SSSR count). The summed E-state index contributed by atoms with van der Waals surface area (Å²) >= 11 is 0. The molecule has 1 aromatic rings. The number of hydrogen-bond acceptors (Lipinski definition) is 3. The second-order valence-corrected chi connectivity index (χ2v) is 5.87. The van der Waals surface area contributed by atoms with Crippen molar-refractivity contribution in [1.82, 2.24) is 10.6 Å². The second kappa shape index (κ2) is 7.46. The molecule has 0 aromatic heterocycles. The van der Waals surface area contributed by atoms with E-state index >= 15 is 0 Å². The molecule has 1 amide bonds. The first kappa shape index (κ1) is 15.8. The van der Waals surface area contributed by atoms with Gasteiger partial charge in [0.15, 0.2) is 6.61 Å². The average molecular weight is 290 g/mol. The zero-order chi connectivity index (χ0) is 15.2. The lowest BCUT2D eigenvalue weighted by molar-refractivity contribution is -0.123. The van der Waals surface area contributed by atoms with Crippen molar-refractivity contribution >= 4 is 5.91 Å². The van der Waals surface area contributed by atoms with Crippen molar-refractivity contribution < 1.29 is 9.53 Å². The Morgan fingerprint density at radius 1 is 1.38 bits per heavy atom. The van der Waals surface area contributed by atoms with Gasteiger partial charge in [0, 0.05) is 12.1 Å². The first-order chi connectivity index (χ1) is 10.1. The van der Waals surface area contributed by atoms with Gasteiger partial charge >= 0.3 is 0 Å². The predicted molar refractivity (Wildman–Crippen MR) is 84.5 cm³/mol. The van der Waals surface area contributed by atoms with E-state index in [1.807, 2.05) is 26.1 Å². The van der Waals surface area contributed by atoms with Gasteiger partial charge in [-0.15, -0.1) is 0 Å². The maximum atomic E-state index is 11.9. The molecule has 21 heavy (non-hydrogen) atoms. The molecule has 116 valence electrons. The van der Waals surface area contributed by atoms with Crippen LogP contribution >= 0.6 is 0 Å². The normalized spacial score (nSPS) is 16.7. The van der Waals surface area contributed by atoms with Gasteiger partial charge in [0.2, 0.25) is 0 Å². The van der Waals surface area contributed by atoms with E-state index in [1.54, 1.807) is 0 Å². The van der Waals surface area contributed by atoms with Gasteiger partial charge in [-0.05, 0) is 50.9 Å². The fraction of sp³-hybridized carbons (Fsp3) is 0.588. The number of hydrogen-bond donors (Lipinski definition) is 2. The number of ether oxygens (including phenoxy) is 1. The summed E-state index contributed by atoms with van der Waals surface area (Å²) in [5, 5.41) is 6.25. The van der Waals surface area contributed by atoms with Crippen LogP contribution in [-0.2, 0) is 4.79 Å².